The van der Waals surface area contributed by atoms with Gasteiger partial charge in [0.05, 0.1) is 0 Å². The average Bonchev–Trinajstić information content (AvgIpc) is 2.01. The fourth-order valence-electron chi connectivity index (χ4n) is 0.690. The highest BCUT2D eigenvalue weighted by Gasteiger charge is 2.20. The molecule has 1 aromatic carbocycles. The number of nitrogens with zero attached hydrogens (tertiary/aromatic N) is 2. The topological polar surface area (TPSA) is 28.1 Å². The van der Waals surface area contributed by atoms with Crippen LogP contribution in [0, 0.1) is 12.3 Å². The van der Waals surface area contributed by atoms with Crippen molar-refractivity contribution in [2.75, 3.05) is 0 Å². The molecule has 0 unspecified atom stereocenters. The zero-order valence-electron chi connectivity index (χ0n) is 7.29. The van der Waals surface area contributed by atoms with Gasteiger partial charge in [-0.15, -0.1) is 0 Å². The first-order valence-corrected chi connectivity index (χ1v) is 3.62. The minimum absolute atomic E-state index is 0.606. The number of halogens is 4. The van der Waals surface area contributed by atoms with Gasteiger partial charge in [-0.25, -0.2) is 0 Å². The third kappa shape index (κ3) is 8.52. The standard InChI is InChI=1S/C7H7N2.BF4/c1-6-3-2-4-7(5-6)9-8;2-1(3,4)5/h2-5H,1H3;/q+1;-1. The van der Waals surface area contributed by atoms with Gasteiger partial charge in [0.1, 0.15) is 0 Å². The summed E-state index contributed by atoms with van der Waals surface area (Å²) in [5, 5.41) is 8.29. The van der Waals surface area contributed by atoms with Gasteiger partial charge in [-0.05, 0) is 12.5 Å². The smallest absolute Gasteiger partial charge is 0.418 e. The largest absolute Gasteiger partial charge is 0.673 e. The van der Waals surface area contributed by atoms with E-state index in [-0.39, 0.29) is 0 Å². The fraction of sp³-hybridized carbons (Fsp3) is 0.143. The van der Waals surface area contributed by atoms with Crippen LogP contribution in [0.25, 0.3) is 4.98 Å². The Morgan fingerprint density at radius 1 is 1.21 bits per heavy atom. The number of hydrogen-bond acceptors (Lipinski definition) is 1. The lowest BCUT2D eigenvalue weighted by Crippen LogP contribution is -2.02. The predicted octanol–water partition coefficient (Wildman–Crippen LogP) is 3.78. The Balaban J connectivity index is 0.000000292. The SMILES string of the molecule is Cc1cccc([N+]#N)c1.F[B-](F)(F)F. The van der Waals surface area contributed by atoms with Crippen molar-refractivity contribution < 1.29 is 17.3 Å². The molecule has 0 aromatic heterocycles. The average molecular weight is 206 g/mol. The zero-order chi connectivity index (χ0) is 11.2. The Hall–Kier alpha value is -1.58. The van der Waals surface area contributed by atoms with Crippen molar-refractivity contribution in [3.63, 3.8) is 0 Å². The molecule has 1 aromatic rings. The van der Waals surface area contributed by atoms with E-state index in [2.05, 4.69) is 4.98 Å². The number of aryl methyl sites for hydroxylation is 1. The van der Waals surface area contributed by atoms with Gasteiger partial charge < -0.3 is 17.3 Å². The van der Waals surface area contributed by atoms with Gasteiger partial charge in [0, 0.05) is 12.1 Å². The lowest BCUT2D eigenvalue weighted by molar-refractivity contribution is 0.368. The van der Waals surface area contributed by atoms with Crippen LogP contribution < -0.4 is 0 Å². The number of hydrogen-bond donors (Lipinski definition) is 0. The fourth-order valence-corrected chi connectivity index (χ4v) is 0.690. The van der Waals surface area contributed by atoms with E-state index in [1.54, 1.807) is 12.1 Å². The normalized spacial score (nSPS) is 9.71. The van der Waals surface area contributed by atoms with Crippen molar-refractivity contribution in [2.24, 2.45) is 0 Å². The summed E-state index contributed by atoms with van der Waals surface area (Å²) in [6, 6.07) is 7.35. The molecule has 2 nitrogen and oxygen atoms in total. The molecule has 0 fully saturated rings. The molecule has 0 amide bonds. The van der Waals surface area contributed by atoms with Crippen LogP contribution in [0.1, 0.15) is 5.56 Å². The van der Waals surface area contributed by atoms with E-state index >= 15 is 0 Å². The van der Waals surface area contributed by atoms with Crippen molar-refractivity contribution in [1.82, 2.24) is 0 Å². The first-order chi connectivity index (χ1) is 6.33. The summed E-state index contributed by atoms with van der Waals surface area (Å²) < 4.78 is 39.0. The molecule has 0 saturated carbocycles. The van der Waals surface area contributed by atoms with E-state index < -0.39 is 7.25 Å². The summed E-state index contributed by atoms with van der Waals surface area (Å²) in [6.07, 6.45) is 0. The summed E-state index contributed by atoms with van der Waals surface area (Å²) >= 11 is 0. The first kappa shape index (κ1) is 12.4. The van der Waals surface area contributed by atoms with Crippen molar-refractivity contribution >= 4 is 12.9 Å². The van der Waals surface area contributed by atoms with Gasteiger partial charge in [-0.3, -0.25) is 0 Å². The molecule has 0 aliphatic heterocycles. The quantitative estimate of drug-likeness (QED) is 0.360. The lowest BCUT2D eigenvalue weighted by atomic mass is 10.2. The Bertz CT molecular complexity index is 325. The van der Waals surface area contributed by atoms with Crippen molar-refractivity contribution in [2.45, 2.75) is 6.92 Å². The molecule has 7 heteroatoms. The summed E-state index contributed by atoms with van der Waals surface area (Å²) in [7, 11) is -6.00. The van der Waals surface area contributed by atoms with Crippen molar-refractivity contribution in [3.8, 4) is 0 Å². The predicted molar refractivity (Wildman–Crippen MR) is 46.1 cm³/mol. The second kappa shape index (κ2) is 5.22. The maximum Gasteiger partial charge on any atom is 0.673 e. The summed E-state index contributed by atoms with van der Waals surface area (Å²) in [5.74, 6) is 0. The molecule has 1 rings (SSSR count). The van der Waals surface area contributed by atoms with Crippen LogP contribution in [0.4, 0.5) is 23.0 Å². The number of benzene rings is 1. The van der Waals surface area contributed by atoms with Crippen LogP contribution >= 0.6 is 0 Å². The van der Waals surface area contributed by atoms with E-state index in [1.165, 1.54) is 0 Å². The molecular weight excluding hydrogens is 199 g/mol. The third-order valence-corrected chi connectivity index (χ3v) is 1.12. The Kier molecular flexibility index (Phi) is 4.63. The molecule has 14 heavy (non-hydrogen) atoms. The van der Waals surface area contributed by atoms with Crippen LogP contribution in [0.15, 0.2) is 24.3 Å². The molecule has 0 aliphatic carbocycles. The first-order valence-electron chi connectivity index (χ1n) is 3.62. The van der Waals surface area contributed by atoms with E-state index in [0.717, 1.165) is 5.56 Å². The van der Waals surface area contributed by atoms with E-state index in [9.17, 15) is 17.3 Å². The summed E-state index contributed by atoms with van der Waals surface area (Å²) in [5.41, 5.74) is 1.71. The van der Waals surface area contributed by atoms with E-state index in [1.807, 2.05) is 19.1 Å². The van der Waals surface area contributed by atoms with Crippen LogP contribution in [-0.2, 0) is 0 Å². The minimum Gasteiger partial charge on any atom is -0.418 e. The number of diazo groups is 1. The van der Waals surface area contributed by atoms with Crippen LogP contribution in [0.5, 0.6) is 0 Å². The molecule has 0 saturated heterocycles. The Morgan fingerprint density at radius 3 is 2.00 bits per heavy atom. The third-order valence-electron chi connectivity index (χ3n) is 1.12. The lowest BCUT2D eigenvalue weighted by Gasteiger charge is -1.94. The van der Waals surface area contributed by atoms with Gasteiger partial charge >= 0.3 is 12.9 Å². The molecule has 0 N–H and O–H groups in total. The second-order valence-corrected chi connectivity index (χ2v) is 2.43. The van der Waals surface area contributed by atoms with E-state index in [0.29, 0.717) is 5.69 Å². The van der Waals surface area contributed by atoms with Gasteiger partial charge in [-0.1, -0.05) is 12.1 Å². The van der Waals surface area contributed by atoms with Crippen molar-refractivity contribution in [1.29, 1.82) is 5.39 Å². The maximum atomic E-state index is 9.75. The minimum atomic E-state index is -6.00. The highest BCUT2D eigenvalue weighted by molar-refractivity contribution is 6.50. The molecule has 0 radical (unpaired) electrons. The molecule has 0 spiro atoms. The Labute approximate surface area is 78.3 Å². The maximum absolute atomic E-state index is 9.75. The van der Waals surface area contributed by atoms with Gasteiger partial charge in [0.25, 0.3) is 0 Å². The highest BCUT2D eigenvalue weighted by Crippen LogP contribution is 2.11. The van der Waals surface area contributed by atoms with Gasteiger partial charge in [-0.2, -0.15) is 0 Å². The van der Waals surface area contributed by atoms with Crippen molar-refractivity contribution in [3.05, 3.63) is 34.8 Å². The monoisotopic (exact) mass is 206 g/mol. The molecule has 76 valence electrons. The number of rotatable bonds is 0. The molecular formula is C7H7BF4N2. The van der Waals surface area contributed by atoms with E-state index in [4.69, 9.17) is 5.39 Å². The molecule has 0 aliphatic rings. The zero-order valence-corrected chi connectivity index (χ0v) is 7.29. The van der Waals surface area contributed by atoms with Crippen LogP contribution in [0.2, 0.25) is 0 Å². The molecule has 0 bridgehead atoms. The second-order valence-electron chi connectivity index (χ2n) is 2.43. The molecule has 0 atom stereocenters. The van der Waals surface area contributed by atoms with Crippen LogP contribution in [-0.4, -0.2) is 7.25 Å². The van der Waals surface area contributed by atoms with Gasteiger partial charge in [0.2, 0.25) is 5.39 Å². The Morgan fingerprint density at radius 2 is 1.71 bits per heavy atom. The highest BCUT2D eigenvalue weighted by atomic mass is 19.5. The van der Waals surface area contributed by atoms with Crippen LogP contribution in [0.3, 0.4) is 0 Å². The van der Waals surface area contributed by atoms with Gasteiger partial charge in [0.15, 0.2) is 4.98 Å². The summed E-state index contributed by atoms with van der Waals surface area (Å²) in [4.78, 5) is 3.03. The summed E-state index contributed by atoms with van der Waals surface area (Å²) in [6.45, 7) is 1.95. The molecule has 0 heterocycles.